The minimum Gasteiger partial charge on any atom is -0.390 e. The van der Waals surface area contributed by atoms with Gasteiger partial charge in [-0.3, -0.25) is 5.01 Å². The summed E-state index contributed by atoms with van der Waals surface area (Å²) in [5.74, 6) is 0.707. The number of nitrogens with zero attached hydrogens (tertiary/aromatic N) is 3. The first-order valence-corrected chi connectivity index (χ1v) is 4.20. The van der Waals surface area contributed by atoms with Crippen molar-refractivity contribution in [3.8, 4) is 0 Å². The van der Waals surface area contributed by atoms with Crippen LogP contribution in [0.5, 0.6) is 0 Å². The zero-order chi connectivity index (χ0) is 9.42. The highest BCUT2D eigenvalue weighted by Gasteiger charge is 2.24. The molecule has 13 heavy (non-hydrogen) atoms. The van der Waals surface area contributed by atoms with E-state index in [1.54, 1.807) is 22.3 Å². The van der Waals surface area contributed by atoms with Crippen LogP contribution < -0.4 is 5.53 Å². The number of aliphatic hydroxyl groups is 1. The molecule has 2 rings (SSSR count). The maximum atomic E-state index is 9.05. The Morgan fingerprint density at radius 3 is 3.15 bits per heavy atom. The fourth-order valence-electron chi connectivity index (χ4n) is 1.23. The molecule has 0 amide bonds. The average Bonchev–Trinajstić information content (AvgIpc) is 2.43. The Balaban J connectivity index is 2.34. The van der Waals surface area contributed by atoms with Gasteiger partial charge in [0.15, 0.2) is 5.82 Å². The molecule has 2 aliphatic heterocycles. The van der Waals surface area contributed by atoms with Crippen LogP contribution in [0.3, 0.4) is 0 Å². The second-order valence-corrected chi connectivity index (χ2v) is 3.20. The van der Waals surface area contributed by atoms with Gasteiger partial charge in [0.2, 0.25) is 0 Å². The Kier molecular flexibility index (Phi) is 1.95. The van der Waals surface area contributed by atoms with E-state index in [0.717, 1.165) is 0 Å². The van der Waals surface area contributed by atoms with Crippen LogP contribution >= 0.6 is 12.6 Å². The van der Waals surface area contributed by atoms with Crippen molar-refractivity contribution in [3.63, 3.8) is 0 Å². The maximum Gasteiger partial charge on any atom is 0.168 e. The molecule has 0 saturated heterocycles. The topological polar surface area (TPSA) is 51.1 Å². The van der Waals surface area contributed by atoms with Crippen molar-refractivity contribution in [1.82, 2.24) is 15.6 Å². The molecule has 0 aromatic carbocycles. The Labute approximate surface area is 81.4 Å². The van der Waals surface area contributed by atoms with Crippen LogP contribution in [0.25, 0.3) is 0 Å². The van der Waals surface area contributed by atoms with E-state index >= 15 is 0 Å². The molecule has 0 atom stereocenters. The van der Waals surface area contributed by atoms with Crippen molar-refractivity contribution in [2.24, 2.45) is 4.99 Å². The van der Waals surface area contributed by atoms with Gasteiger partial charge in [-0.15, -0.1) is 5.53 Å². The van der Waals surface area contributed by atoms with E-state index in [0.29, 0.717) is 16.6 Å². The van der Waals surface area contributed by atoms with Gasteiger partial charge >= 0.3 is 0 Å². The lowest BCUT2D eigenvalue weighted by Gasteiger charge is -2.24. The van der Waals surface area contributed by atoms with Gasteiger partial charge < -0.3 is 5.11 Å². The lowest BCUT2D eigenvalue weighted by molar-refractivity contribution is 0.163. The second-order valence-electron chi connectivity index (χ2n) is 2.78. The van der Waals surface area contributed by atoms with E-state index in [9.17, 15) is 0 Å². The molecule has 0 aliphatic carbocycles. The summed E-state index contributed by atoms with van der Waals surface area (Å²) in [6.07, 6.45) is 3.47. The van der Waals surface area contributed by atoms with E-state index in [4.69, 9.17) is 17.7 Å². The van der Waals surface area contributed by atoms with Gasteiger partial charge in [-0.25, -0.2) is 10.0 Å². The largest absolute Gasteiger partial charge is 0.390 e. The maximum absolute atomic E-state index is 9.05. The predicted molar refractivity (Wildman–Crippen MR) is 51.0 cm³/mol. The molecule has 0 aromatic rings. The molecule has 0 unspecified atom stereocenters. The first-order valence-electron chi connectivity index (χ1n) is 3.79. The molecule has 0 saturated carbocycles. The monoisotopic (exact) mass is 197 g/mol. The predicted octanol–water partition coefficient (Wildman–Crippen LogP) is -0.0619. The molecule has 0 bridgehead atoms. The molecule has 2 N–H and O–H groups in total. The van der Waals surface area contributed by atoms with Crippen LogP contribution in [0.15, 0.2) is 28.8 Å². The third-order valence-electron chi connectivity index (χ3n) is 1.76. The number of nitrogens with one attached hydrogen (secondary N) is 1. The number of hydrazine groups is 2. The van der Waals surface area contributed by atoms with Gasteiger partial charge in [0.25, 0.3) is 0 Å². The Morgan fingerprint density at radius 2 is 2.46 bits per heavy atom. The first kappa shape index (κ1) is 8.49. The summed E-state index contributed by atoms with van der Waals surface area (Å²) in [5, 5.41) is 13.0. The standard InChI is InChI=1S/C7H9N4OS/c1-10-3-6-8-7(13)2-5(4-12)11(6)9-10/h2-3,9,12H,4H2,1H3. The van der Waals surface area contributed by atoms with Crippen molar-refractivity contribution in [2.75, 3.05) is 13.7 Å². The van der Waals surface area contributed by atoms with Crippen LogP contribution in [0.1, 0.15) is 0 Å². The molecular formula is C7H9N4OS. The Bertz CT molecular complexity index is 322. The normalized spacial score (nSPS) is 20.9. The molecule has 0 spiro atoms. The summed E-state index contributed by atoms with van der Waals surface area (Å²) in [6, 6.07) is 0. The summed E-state index contributed by atoms with van der Waals surface area (Å²) < 4.78 is 0. The van der Waals surface area contributed by atoms with Gasteiger partial charge in [-0.05, 0) is 6.08 Å². The lowest BCUT2D eigenvalue weighted by Crippen LogP contribution is -2.39. The summed E-state index contributed by atoms with van der Waals surface area (Å²) in [4.78, 5) is 4.12. The minimum absolute atomic E-state index is 0.0617. The quantitative estimate of drug-likeness (QED) is 0.618. The van der Waals surface area contributed by atoms with Gasteiger partial charge in [0.05, 0.1) is 18.5 Å². The number of hydrogen-bond donors (Lipinski definition) is 2. The van der Waals surface area contributed by atoms with Gasteiger partial charge in [-0.2, -0.15) is 0 Å². The summed E-state index contributed by atoms with van der Waals surface area (Å²) >= 11 is 4.94. The molecule has 2 aliphatic rings. The van der Waals surface area contributed by atoms with E-state index in [2.05, 4.69) is 10.5 Å². The number of hydrogen-bond acceptors (Lipinski definition) is 5. The first-order chi connectivity index (χ1) is 6.20. The number of aliphatic hydroxyl groups excluding tert-OH is 1. The fourth-order valence-corrected chi connectivity index (χ4v) is 1.46. The molecule has 5 nitrogen and oxygen atoms in total. The van der Waals surface area contributed by atoms with E-state index in [1.165, 1.54) is 0 Å². The smallest absolute Gasteiger partial charge is 0.168 e. The van der Waals surface area contributed by atoms with E-state index < -0.39 is 0 Å². The van der Waals surface area contributed by atoms with Crippen molar-refractivity contribution >= 4 is 17.7 Å². The van der Waals surface area contributed by atoms with E-state index in [-0.39, 0.29) is 6.61 Å². The van der Waals surface area contributed by atoms with Crippen LogP contribution in [-0.2, 0) is 0 Å². The molecule has 2 heterocycles. The SMILES string of the molecule is CN1C=C2N=C([S])C=C(CO)N2N1. The molecule has 69 valence electrons. The summed E-state index contributed by atoms with van der Waals surface area (Å²) in [7, 11) is 1.85. The number of fused-ring (bicyclic) bond motifs is 1. The molecular weight excluding hydrogens is 188 g/mol. The van der Waals surface area contributed by atoms with Gasteiger partial charge in [0.1, 0.15) is 5.04 Å². The highest BCUT2D eigenvalue weighted by atomic mass is 32.1. The summed E-state index contributed by atoms with van der Waals surface area (Å²) in [6.45, 7) is -0.0617. The zero-order valence-electron chi connectivity index (χ0n) is 7.06. The second kappa shape index (κ2) is 2.99. The average molecular weight is 197 g/mol. The van der Waals surface area contributed by atoms with Crippen LogP contribution in [0.4, 0.5) is 0 Å². The summed E-state index contributed by atoms with van der Waals surface area (Å²) in [5.41, 5.74) is 3.67. The highest BCUT2D eigenvalue weighted by Crippen LogP contribution is 2.22. The third-order valence-corrected chi connectivity index (χ3v) is 1.97. The van der Waals surface area contributed by atoms with Crippen LogP contribution in [0, 0.1) is 0 Å². The van der Waals surface area contributed by atoms with Crippen LogP contribution in [-0.4, -0.2) is 33.8 Å². The van der Waals surface area contributed by atoms with Crippen molar-refractivity contribution < 1.29 is 5.11 Å². The Morgan fingerprint density at radius 1 is 1.69 bits per heavy atom. The third kappa shape index (κ3) is 1.39. The Hall–Kier alpha value is -1.11. The van der Waals surface area contributed by atoms with Gasteiger partial charge in [-0.1, -0.05) is 12.6 Å². The van der Waals surface area contributed by atoms with E-state index in [1.807, 2.05) is 7.05 Å². The molecule has 6 heteroatoms. The zero-order valence-corrected chi connectivity index (χ0v) is 7.88. The number of rotatable bonds is 1. The van der Waals surface area contributed by atoms with Crippen molar-refractivity contribution in [1.29, 1.82) is 0 Å². The highest BCUT2D eigenvalue weighted by molar-refractivity contribution is 7.97. The van der Waals surface area contributed by atoms with Crippen molar-refractivity contribution in [2.45, 2.75) is 0 Å². The fraction of sp³-hybridized carbons (Fsp3) is 0.286. The van der Waals surface area contributed by atoms with Gasteiger partial charge in [0, 0.05) is 7.05 Å². The lowest BCUT2D eigenvalue weighted by atomic mass is 10.3. The van der Waals surface area contributed by atoms with Crippen LogP contribution in [0.2, 0.25) is 0 Å². The van der Waals surface area contributed by atoms with Crippen molar-refractivity contribution in [3.05, 3.63) is 23.8 Å². The molecule has 0 fully saturated rings. The minimum atomic E-state index is -0.0617. The number of aliphatic imine (C=N–C) groups is 1. The molecule has 1 radical (unpaired) electrons. The molecule has 0 aromatic heterocycles.